The first-order valence-electron chi connectivity index (χ1n) is 7.82. The van der Waals surface area contributed by atoms with Crippen LogP contribution in [0, 0.1) is 0 Å². The van der Waals surface area contributed by atoms with Gasteiger partial charge in [0.2, 0.25) is 0 Å². The van der Waals surface area contributed by atoms with E-state index in [0.29, 0.717) is 5.15 Å². The van der Waals surface area contributed by atoms with Gasteiger partial charge in [0.05, 0.1) is 30.6 Å². The van der Waals surface area contributed by atoms with E-state index in [9.17, 15) is 0 Å². The molecule has 0 bridgehead atoms. The SMILES string of the molecule is Clc1ccc(-n2ccc3c(CN4CCOCC4)cccc32)cn1. The first-order chi connectivity index (χ1) is 11.3. The zero-order chi connectivity index (χ0) is 15.6. The summed E-state index contributed by atoms with van der Waals surface area (Å²) in [6.45, 7) is 4.61. The first-order valence-corrected chi connectivity index (χ1v) is 8.20. The van der Waals surface area contributed by atoms with Gasteiger partial charge in [0.1, 0.15) is 5.15 Å². The van der Waals surface area contributed by atoms with E-state index in [0.717, 1.165) is 38.5 Å². The van der Waals surface area contributed by atoms with Crippen LogP contribution >= 0.6 is 11.6 Å². The molecule has 1 aliphatic heterocycles. The topological polar surface area (TPSA) is 30.3 Å². The van der Waals surface area contributed by atoms with Gasteiger partial charge < -0.3 is 9.30 Å². The summed E-state index contributed by atoms with van der Waals surface area (Å²) in [5, 5.41) is 1.80. The molecule has 1 aliphatic rings. The average Bonchev–Trinajstić information content (AvgIpc) is 3.02. The number of hydrogen-bond donors (Lipinski definition) is 0. The minimum absolute atomic E-state index is 0.512. The van der Waals surface area contributed by atoms with Crippen molar-refractivity contribution >= 4 is 22.5 Å². The second-order valence-electron chi connectivity index (χ2n) is 5.76. The number of ether oxygens (including phenoxy) is 1. The molecule has 0 unspecified atom stereocenters. The van der Waals surface area contributed by atoms with Gasteiger partial charge >= 0.3 is 0 Å². The molecule has 0 N–H and O–H groups in total. The van der Waals surface area contributed by atoms with E-state index >= 15 is 0 Å². The standard InChI is InChI=1S/C18H18ClN3O/c19-18-5-4-15(12-20-18)22-7-6-16-14(2-1-3-17(16)22)13-21-8-10-23-11-9-21/h1-7,12H,8-11,13H2. The summed E-state index contributed by atoms with van der Waals surface area (Å²) in [6.07, 6.45) is 3.90. The van der Waals surface area contributed by atoms with Gasteiger partial charge in [0, 0.05) is 31.2 Å². The quantitative estimate of drug-likeness (QED) is 0.690. The van der Waals surface area contributed by atoms with Crippen LogP contribution < -0.4 is 0 Å². The van der Waals surface area contributed by atoms with Crippen LogP contribution in [0.5, 0.6) is 0 Å². The van der Waals surface area contributed by atoms with E-state index in [1.807, 2.05) is 12.1 Å². The third kappa shape index (κ3) is 2.98. The molecule has 0 radical (unpaired) electrons. The van der Waals surface area contributed by atoms with Crippen molar-refractivity contribution < 1.29 is 4.74 Å². The number of morpholine rings is 1. The lowest BCUT2D eigenvalue weighted by Gasteiger charge is -2.26. The Bertz CT molecular complexity index is 807. The maximum Gasteiger partial charge on any atom is 0.129 e. The maximum atomic E-state index is 5.89. The molecule has 23 heavy (non-hydrogen) atoms. The molecule has 5 heteroatoms. The highest BCUT2D eigenvalue weighted by Crippen LogP contribution is 2.25. The lowest BCUT2D eigenvalue weighted by molar-refractivity contribution is 0.0344. The molecule has 0 amide bonds. The largest absolute Gasteiger partial charge is 0.379 e. The number of fused-ring (bicyclic) bond motifs is 1. The smallest absolute Gasteiger partial charge is 0.129 e. The molecular weight excluding hydrogens is 310 g/mol. The van der Waals surface area contributed by atoms with Gasteiger partial charge in [0.15, 0.2) is 0 Å². The number of aromatic nitrogens is 2. The van der Waals surface area contributed by atoms with Crippen LogP contribution in [0.3, 0.4) is 0 Å². The summed E-state index contributed by atoms with van der Waals surface area (Å²) < 4.78 is 7.59. The number of nitrogens with zero attached hydrogens (tertiary/aromatic N) is 3. The Morgan fingerprint density at radius 3 is 2.74 bits per heavy atom. The Morgan fingerprint density at radius 2 is 1.96 bits per heavy atom. The second-order valence-corrected chi connectivity index (χ2v) is 6.15. The predicted octanol–water partition coefficient (Wildman–Crippen LogP) is 3.51. The van der Waals surface area contributed by atoms with Gasteiger partial charge in [-0.15, -0.1) is 0 Å². The van der Waals surface area contributed by atoms with Crippen molar-refractivity contribution in [2.45, 2.75) is 6.54 Å². The van der Waals surface area contributed by atoms with E-state index < -0.39 is 0 Å². The molecule has 0 saturated carbocycles. The third-order valence-corrected chi connectivity index (χ3v) is 4.53. The summed E-state index contributed by atoms with van der Waals surface area (Å²) in [5.41, 5.74) is 3.57. The van der Waals surface area contributed by atoms with Crippen molar-refractivity contribution in [1.82, 2.24) is 14.5 Å². The lowest BCUT2D eigenvalue weighted by Crippen LogP contribution is -2.35. The monoisotopic (exact) mass is 327 g/mol. The lowest BCUT2D eigenvalue weighted by atomic mass is 10.1. The van der Waals surface area contributed by atoms with Crippen molar-refractivity contribution in [1.29, 1.82) is 0 Å². The number of pyridine rings is 1. The number of rotatable bonds is 3. The summed E-state index contributed by atoms with van der Waals surface area (Å²) in [5.74, 6) is 0. The van der Waals surface area contributed by atoms with Gasteiger partial charge in [0.25, 0.3) is 0 Å². The van der Waals surface area contributed by atoms with Crippen molar-refractivity contribution in [2.24, 2.45) is 0 Å². The third-order valence-electron chi connectivity index (χ3n) is 4.31. The van der Waals surface area contributed by atoms with E-state index in [1.165, 1.54) is 16.5 Å². The highest BCUT2D eigenvalue weighted by molar-refractivity contribution is 6.29. The van der Waals surface area contributed by atoms with Crippen LogP contribution in [0.1, 0.15) is 5.56 Å². The summed E-state index contributed by atoms with van der Waals surface area (Å²) in [4.78, 5) is 6.62. The van der Waals surface area contributed by atoms with E-state index in [2.05, 4.69) is 44.9 Å². The summed E-state index contributed by atoms with van der Waals surface area (Å²) in [7, 11) is 0. The Balaban J connectivity index is 1.69. The molecule has 4 nitrogen and oxygen atoms in total. The van der Waals surface area contributed by atoms with Crippen molar-refractivity contribution in [3.8, 4) is 5.69 Å². The minimum atomic E-state index is 0.512. The average molecular weight is 328 g/mol. The van der Waals surface area contributed by atoms with Crippen molar-refractivity contribution in [3.05, 3.63) is 59.5 Å². The van der Waals surface area contributed by atoms with E-state index in [4.69, 9.17) is 16.3 Å². The molecule has 4 rings (SSSR count). The fourth-order valence-electron chi connectivity index (χ4n) is 3.11. The normalized spacial score (nSPS) is 16.0. The zero-order valence-electron chi connectivity index (χ0n) is 12.8. The van der Waals surface area contributed by atoms with Crippen LogP contribution in [0.25, 0.3) is 16.6 Å². The summed E-state index contributed by atoms with van der Waals surface area (Å²) in [6, 6.07) is 12.5. The highest BCUT2D eigenvalue weighted by Gasteiger charge is 2.13. The minimum Gasteiger partial charge on any atom is -0.379 e. The van der Waals surface area contributed by atoms with Gasteiger partial charge in [-0.05, 0) is 29.8 Å². The van der Waals surface area contributed by atoms with Gasteiger partial charge in [-0.1, -0.05) is 23.7 Å². The molecule has 1 aromatic carbocycles. The molecule has 0 atom stereocenters. The Kier molecular flexibility index (Phi) is 4.04. The first kappa shape index (κ1) is 14.7. The van der Waals surface area contributed by atoms with Crippen molar-refractivity contribution in [2.75, 3.05) is 26.3 Å². The predicted molar refractivity (Wildman–Crippen MR) is 92.2 cm³/mol. The van der Waals surface area contributed by atoms with Crippen LogP contribution in [-0.2, 0) is 11.3 Å². The number of hydrogen-bond acceptors (Lipinski definition) is 3. The molecule has 3 aromatic rings. The molecular formula is C18H18ClN3O. The van der Waals surface area contributed by atoms with Crippen LogP contribution in [0.4, 0.5) is 0 Å². The Morgan fingerprint density at radius 1 is 1.09 bits per heavy atom. The molecule has 1 fully saturated rings. The Hall–Kier alpha value is -1.88. The van der Waals surface area contributed by atoms with Gasteiger partial charge in [-0.2, -0.15) is 0 Å². The number of benzene rings is 1. The molecule has 1 saturated heterocycles. The van der Waals surface area contributed by atoms with Crippen LogP contribution in [0.2, 0.25) is 5.15 Å². The fraction of sp³-hybridized carbons (Fsp3) is 0.278. The van der Waals surface area contributed by atoms with Crippen LogP contribution in [-0.4, -0.2) is 40.8 Å². The van der Waals surface area contributed by atoms with Crippen molar-refractivity contribution in [3.63, 3.8) is 0 Å². The van der Waals surface area contributed by atoms with E-state index in [1.54, 1.807) is 6.20 Å². The zero-order valence-corrected chi connectivity index (χ0v) is 13.5. The highest BCUT2D eigenvalue weighted by atomic mass is 35.5. The second kappa shape index (κ2) is 6.32. The molecule has 0 aliphatic carbocycles. The fourth-order valence-corrected chi connectivity index (χ4v) is 3.22. The maximum absolute atomic E-state index is 5.89. The van der Waals surface area contributed by atoms with Gasteiger partial charge in [-0.25, -0.2) is 4.98 Å². The summed E-state index contributed by atoms with van der Waals surface area (Å²) >= 11 is 5.89. The molecule has 0 spiro atoms. The van der Waals surface area contributed by atoms with Gasteiger partial charge in [-0.3, -0.25) is 4.90 Å². The Labute approximate surface area is 140 Å². The molecule has 2 aromatic heterocycles. The van der Waals surface area contributed by atoms with E-state index in [-0.39, 0.29) is 0 Å². The van der Waals surface area contributed by atoms with Crippen LogP contribution in [0.15, 0.2) is 48.8 Å². The number of halogens is 1. The molecule has 3 heterocycles. The molecule has 118 valence electrons.